The molecule has 134 valence electrons. The Morgan fingerprint density at radius 3 is 2.88 bits per heavy atom. The van der Waals surface area contributed by atoms with E-state index in [1.54, 1.807) is 0 Å². The molecule has 0 saturated heterocycles. The highest BCUT2D eigenvalue weighted by Gasteiger charge is 2.22. The second kappa shape index (κ2) is 7.21. The van der Waals surface area contributed by atoms with Crippen LogP contribution in [0.5, 0.6) is 0 Å². The summed E-state index contributed by atoms with van der Waals surface area (Å²) in [4.78, 5) is 26.5. The number of aromatic amines is 1. The Hall–Kier alpha value is -2.80. The molecule has 3 aromatic rings. The number of hydrogen-bond donors (Lipinski definition) is 1. The van der Waals surface area contributed by atoms with Crippen LogP contribution in [0.3, 0.4) is 0 Å². The Morgan fingerprint density at radius 2 is 2.08 bits per heavy atom. The highest BCUT2D eigenvalue weighted by atomic mass is 16.5. The standard InChI is InChI=1S/C19H21N5O2/c1-2-6-16-20-15-9-10-24(11-14(15)19(25)21-16)12-17-22-18(23-26-17)13-7-4-3-5-8-13/h3-5,7-8H,2,6,9-12H2,1H3,(H,20,21,25). The lowest BCUT2D eigenvalue weighted by Crippen LogP contribution is -2.35. The molecule has 0 atom stereocenters. The molecule has 0 amide bonds. The zero-order chi connectivity index (χ0) is 17.9. The number of fused-ring (bicyclic) bond motifs is 1. The lowest BCUT2D eigenvalue weighted by atomic mass is 10.1. The predicted molar refractivity (Wildman–Crippen MR) is 96.4 cm³/mol. The normalized spacial score (nSPS) is 14.3. The van der Waals surface area contributed by atoms with E-state index in [9.17, 15) is 4.79 Å². The molecule has 0 bridgehead atoms. The van der Waals surface area contributed by atoms with Crippen LogP contribution in [0.15, 0.2) is 39.6 Å². The summed E-state index contributed by atoms with van der Waals surface area (Å²) in [5, 5.41) is 4.05. The molecule has 7 nitrogen and oxygen atoms in total. The van der Waals surface area contributed by atoms with Crippen molar-refractivity contribution in [3.63, 3.8) is 0 Å². The Kier molecular flexibility index (Phi) is 4.62. The van der Waals surface area contributed by atoms with Gasteiger partial charge in [-0.1, -0.05) is 42.4 Å². The molecule has 2 aromatic heterocycles. The first-order chi connectivity index (χ1) is 12.7. The molecule has 0 saturated carbocycles. The highest BCUT2D eigenvalue weighted by molar-refractivity contribution is 5.53. The van der Waals surface area contributed by atoms with Crippen molar-refractivity contribution in [3.8, 4) is 11.4 Å². The summed E-state index contributed by atoms with van der Waals surface area (Å²) in [7, 11) is 0. The van der Waals surface area contributed by atoms with E-state index in [0.29, 0.717) is 24.8 Å². The molecule has 0 fully saturated rings. The molecule has 1 aliphatic rings. The second-order valence-electron chi connectivity index (χ2n) is 6.53. The molecule has 3 heterocycles. The Balaban J connectivity index is 1.48. The van der Waals surface area contributed by atoms with Gasteiger partial charge in [0.05, 0.1) is 17.8 Å². The predicted octanol–water partition coefficient (Wildman–Crippen LogP) is 2.33. The number of hydrogen-bond acceptors (Lipinski definition) is 6. The van der Waals surface area contributed by atoms with Crippen LogP contribution in [0.25, 0.3) is 11.4 Å². The van der Waals surface area contributed by atoms with Crippen molar-refractivity contribution in [1.82, 2.24) is 25.0 Å². The summed E-state index contributed by atoms with van der Waals surface area (Å²) < 4.78 is 5.39. The first kappa shape index (κ1) is 16.7. The molecule has 0 aliphatic carbocycles. The van der Waals surface area contributed by atoms with Gasteiger partial charge in [-0.25, -0.2) is 4.98 Å². The van der Waals surface area contributed by atoms with Crippen LogP contribution in [-0.4, -0.2) is 31.6 Å². The third kappa shape index (κ3) is 3.43. The van der Waals surface area contributed by atoms with Gasteiger partial charge < -0.3 is 9.51 Å². The molecule has 4 rings (SSSR count). The molecule has 26 heavy (non-hydrogen) atoms. The molecule has 1 aliphatic heterocycles. The van der Waals surface area contributed by atoms with Gasteiger partial charge in [-0.3, -0.25) is 9.69 Å². The monoisotopic (exact) mass is 351 g/mol. The number of benzene rings is 1. The minimum Gasteiger partial charge on any atom is -0.338 e. The van der Waals surface area contributed by atoms with Crippen molar-refractivity contribution in [1.29, 1.82) is 0 Å². The summed E-state index contributed by atoms with van der Waals surface area (Å²) in [5.74, 6) is 1.93. The van der Waals surface area contributed by atoms with Crippen LogP contribution in [-0.2, 0) is 25.9 Å². The van der Waals surface area contributed by atoms with Crippen molar-refractivity contribution in [2.45, 2.75) is 39.3 Å². The van der Waals surface area contributed by atoms with Gasteiger partial charge in [-0.05, 0) is 6.42 Å². The van der Waals surface area contributed by atoms with E-state index in [4.69, 9.17) is 4.52 Å². The maximum Gasteiger partial charge on any atom is 0.255 e. The van der Waals surface area contributed by atoms with Crippen LogP contribution in [0.1, 0.15) is 36.3 Å². The fourth-order valence-corrected chi connectivity index (χ4v) is 3.24. The number of aryl methyl sites for hydroxylation is 1. The number of nitrogens with zero attached hydrogens (tertiary/aromatic N) is 4. The van der Waals surface area contributed by atoms with E-state index in [1.165, 1.54) is 0 Å². The first-order valence-corrected chi connectivity index (χ1v) is 8.94. The van der Waals surface area contributed by atoms with E-state index < -0.39 is 0 Å². The molecular formula is C19H21N5O2. The van der Waals surface area contributed by atoms with Gasteiger partial charge in [0.2, 0.25) is 11.7 Å². The van der Waals surface area contributed by atoms with Crippen LogP contribution >= 0.6 is 0 Å². The maximum absolute atomic E-state index is 12.4. The maximum atomic E-state index is 12.4. The molecule has 1 N–H and O–H groups in total. The van der Waals surface area contributed by atoms with Crippen LogP contribution in [0.2, 0.25) is 0 Å². The number of H-pyrrole nitrogens is 1. The summed E-state index contributed by atoms with van der Waals surface area (Å²) >= 11 is 0. The van der Waals surface area contributed by atoms with Gasteiger partial charge in [0.15, 0.2) is 0 Å². The summed E-state index contributed by atoms with van der Waals surface area (Å²) in [6.45, 7) is 3.97. The van der Waals surface area contributed by atoms with Crippen LogP contribution in [0, 0.1) is 0 Å². The number of rotatable bonds is 5. The minimum atomic E-state index is -0.0290. The van der Waals surface area contributed by atoms with Gasteiger partial charge >= 0.3 is 0 Å². The van der Waals surface area contributed by atoms with E-state index in [2.05, 4.69) is 31.9 Å². The fourth-order valence-electron chi connectivity index (χ4n) is 3.24. The Morgan fingerprint density at radius 1 is 1.23 bits per heavy atom. The van der Waals surface area contributed by atoms with E-state index in [1.807, 2.05) is 30.3 Å². The zero-order valence-electron chi connectivity index (χ0n) is 14.7. The average Bonchev–Trinajstić information content (AvgIpc) is 3.12. The first-order valence-electron chi connectivity index (χ1n) is 8.94. The lowest BCUT2D eigenvalue weighted by Gasteiger charge is -2.26. The third-order valence-electron chi connectivity index (χ3n) is 4.54. The Labute approximate surface area is 151 Å². The smallest absolute Gasteiger partial charge is 0.255 e. The molecule has 0 radical (unpaired) electrons. The van der Waals surface area contributed by atoms with E-state index in [0.717, 1.165) is 48.5 Å². The fraction of sp³-hybridized carbons (Fsp3) is 0.368. The largest absolute Gasteiger partial charge is 0.338 e. The van der Waals surface area contributed by atoms with Gasteiger partial charge in [-0.15, -0.1) is 0 Å². The van der Waals surface area contributed by atoms with Crippen molar-refractivity contribution < 1.29 is 4.52 Å². The quantitative estimate of drug-likeness (QED) is 0.759. The number of aromatic nitrogens is 4. The molecule has 0 unspecified atom stereocenters. The van der Waals surface area contributed by atoms with Crippen molar-refractivity contribution >= 4 is 0 Å². The van der Waals surface area contributed by atoms with Gasteiger partial charge in [0, 0.05) is 31.5 Å². The number of nitrogens with one attached hydrogen (secondary N) is 1. The van der Waals surface area contributed by atoms with Crippen molar-refractivity contribution in [2.24, 2.45) is 0 Å². The topological polar surface area (TPSA) is 87.9 Å². The van der Waals surface area contributed by atoms with Crippen LogP contribution in [0.4, 0.5) is 0 Å². The highest BCUT2D eigenvalue weighted by Crippen LogP contribution is 2.19. The average molecular weight is 351 g/mol. The summed E-state index contributed by atoms with van der Waals surface area (Å²) in [6, 6.07) is 9.74. The van der Waals surface area contributed by atoms with E-state index >= 15 is 0 Å². The van der Waals surface area contributed by atoms with Gasteiger partial charge in [0.25, 0.3) is 5.56 Å². The van der Waals surface area contributed by atoms with Gasteiger partial charge in [-0.2, -0.15) is 4.98 Å². The summed E-state index contributed by atoms with van der Waals surface area (Å²) in [6.07, 6.45) is 2.53. The molecular weight excluding hydrogens is 330 g/mol. The molecule has 0 spiro atoms. The molecule has 1 aromatic carbocycles. The molecule has 7 heteroatoms. The van der Waals surface area contributed by atoms with Crippen LogP contribution < -0.4 is 5.56 Å². The lowest BCUT2D eigenvalue weighted by molar-refractivity contribution is 0.207. The van der Waals surface area contributed by atoms with E-state index in [-0.39, 0.29) is 5.56 Å². The zero-order valence-corrected chi connectivity index (χ0v) is 14.7. The van der Waals surface area contributed by atoms with Gasteiger partial charge in [0.1, 0.15) is 5.82 Å². The third-order valence-corrected chi connectivity index (χ3v) is 4.54. The second-order valence-corrected chi connectivity index (χ2v) is 6.53. The van der Waals surface area contributed by atoms with Crippen molar-refractivity contribution in [2.75, 3.05) is 6.54 Å². The minimum absolute atomic E-state index is 0.0290. The SMILES string of the molecule is CCCc1nc2c(c(=O)[nH]1)CN(Cc1nc(-c3ccccc3)no1)CC2. The Bertz CT molecular complexity index is 948. The summed E-state index contributed by atoms with van der Waals surface area (Å²) in [5.41, 5.74) is 2.57. The van der Waals surface area contributed by atoms with Crippen molar-refractivity contribution in [3.05, 3.63) is 63.7 Å².